The lowest BCUT2D eigenvalue weighted by Crippen LogP contribution is -2.57. The minimum atomic E-state index is 0.684. The Balaban J connectivity index is 1.80. The normalized spacial score (nSPS) is 30.9. The van der Waals surface area contributed by atoms with E-state index in [9.17, 15) is 0 Å². The Labute approximate surface area is 106 Å². The standard InChI is InChI=1S/C15H28N2/c1-12(2)15-11-17(13(3)10-16-15)9-8-14-6-4-5-7-14/h6,12-13,15-16H,4-5,7-11H2,1-3H3. The van der Waals surface area contributed by atoms with Gasteiger partial charge in [0.25, 0.3) is 0 Å². The van der Waals surface area contributed by atoms with Crippen LogP contribution in [0.1, 0.15) is 46.5 Å². The maximum absolute atomic E-state index is 3.67. The van der Waals surface area contributed by atoms with Gasteiger partial charge in [-0.05, 0) is 38.5 Å². The Bertz CT molecular complexity index is 270. The second kappa shape index (κ2) is 6.01. The van der Waals surface area contributed by atoms with Crippen LogP contribution in [0.5, 0.6) is 0 Å². The van der Waals surface area contributed by atoms with Crippen molar-refractivity contribution in [3.05, 3.63) is 11.6 Å². The molecule has 0 aromatic heterocycles. The summed E-state index contributed by atoms with van der Waals surface area (Å²) in [5, 5.41) is 3.67. The van der Waals surface area contributed by atoms with Crippen molar-refractivity contribution in [2.24, 2.45) is 5.92 Å². The zero-order valence-corrected chi connectivity index (χ0v) is 11.7. The van der Waals surface area contributed by atoms with Crippen LogP contribution in [0, 0.1) is 5.92 Å². The fourth-order valence-corrected chi connectivity index (χ4v) is 2.96. The van der Waals surface area contributed by atoms with Crippen molar-refractivity contribution < 1.29 is 0 Å². The molecule has 0 aromatic carbocycles. The van der Waals surface area contributed by atoms with Crippen LogP contribution >= 0.6 is 0 Å². The Morgan fingerprint density at radius 1 is 1.47 bits per heavy atom. The minimum absolute atomic E-state index is 0.684. The molecular formula is C15H28N2. The third-order valence-electron chi connectivity index (χ3n) is 4.39. The summed E-state index contributed by atoms with van der Waals surface area (Å²) in [5.41, 5.74) is 1.71. The van der Waals surface area contributed by atoms with Gasteiger partial charge in [0.05, 0.1) is 0 Å². The van der Waals surface area contributed by atoms with Crippen LogP contribution in [-0.2, 0) is 0 Å². The highest BCUT2D eigenvalue weighted by atomic mass is 15.2. The van der Waals surface area contributed by atoms with E-state index in [2.05, 4.69) is 37.1 Å². The SMILES string of the molecule is CC(C)C1CN(CCC2=CCCC2)C(C)CN1. The summed E-state index contributed by atoms with van der Waals surface area (Å²) in [4.78, 5) is 2.68. The van der Waals surface area contributed by atoms with Crippen molar-refractivity contribution in [2.45, 2.75) is 58.5 Å². The monoisotopic (exact) mass is 236 g/mol. The zero-order valence-electron chi connectivity index (χ0n) is 11.7. The van der Waals surface area contributed by atoms with Crippen molar-refractivity contribution in [3.63, 3.8) is 0 Å². The number of rotatable bonds is 4. The molecule has 1 heterocycles. The predicted octanol–water partition coefficient (Wildman–Crippen LogP) is 2.81. The molecule has 1 aliphatic carbocycles. The van der Waals surface area contributed by atoms with Gasteiger partial charge >= 0.3 is 0 Å². The molecule has 1 N–H and O–H groups in total. The van der Waals surface area contributed by atoms with Crippen LogP contribution in [0.3, 0.4) is 0 Å². The average Bonchev–Trinajstić information content (AvgIpc) is 2.80. The van der Waals surface area contributed by atoms with Crippen molar-refractivity contribution >= 4 is 0 Å². The number of piperazine rings is 1. The topological polar surface area (TPSA) is 15.3 Å². The average molecular weight is 236 g/mol. The van der Waals surface area contributed by atoms with Gasteiger partial charge in [0.1, 0.15) is 0 Å². The maximum Gasteiger partial charge on any atom is 0.0218 e. The first kappa shape index (κ1) is 13.1. The van der Waals surface area contributed by atoms with E-state index in [4.69, 9.17) is 0 Å². The first-order chi connectivity index (χ1) is 8.16. The van der Waals surface area contributed by atoms with Crippen LogP contribution in [-0.4, -0.2) is 36.6 Å². The summed E-state index contributed by atoms with van der Waals surface area (Å²) in [7, 11) is 0. The van der Waals surface area contributed by atoms with E-state index in [0.717, 1.165) is 12.5 Å². The van der Waals surface area contributed by atoms with E-state index in [1.165, 1.54) is 38.8 Å². The first-order valence-corrected chi connectivity index (χ1v) is 7.32. The summed E-state index contributed by atoms with van der Waals surface area (Å²) < 4.78 is 0. The summed E-state index contributed by atoms with van der Waals surface area (Å²) in [6.45, 7) is 10.6. The van der Waals surface area contributed by atoms with E-state index in [1.807, 2.05) is 0 Å². The maximum atomic E-state index is 3.67. The van der Waals surface area contributed by atoms with Gasteiger partial charge in [0.2, 0.25) is 0 Å². The quantitative estimate of drug-likeness (QED) is 0.755. The van der Waals surface area contributed by atoms with Gasteiger partial charge in [-0.25, -0.2) is 0 Å². The molecule has 0 spiro atoms. The Morgan fingerprint density at radius 2 is 2.29 bits per heavy atom. The highest BCUT2D eigenvalue weighted by Crippen LogP contribution is 2.22. The molecule has 2 rings (SSSR count). The van der Waals surface area contributed by atoms with Crippen molar-refractivity contribution in [3.8, 4) is 0 Å². The molecular weight excluding hydrogens is 208 g/mol. The lowest BCUT2D eigenvalue weighted by atomic mass is 9.99. The summed E-state index contributed by atoms with van der Waals surface area (Å²) in [6, 6.07) is 1.38. The highest BCUT2D eigenvalue weighted by Gasteiger charge is 2.26. The molecule has 2 heteroatoms. The van der Waals surface area contributed by atoms with Crippen molar-refractivity contribution in [1.29, 1.82) is 0 Å². The van der Waals surface area contributed by atoms with Gasteiger partial charge in [-0.1, -0.05) is 25.5 Å². The van der Waals surface area contributed by atoms with E-state index in [-0.39, 0.29) is 0 Å². The van der Waals surface area contributed by atoms with Crippen LogP contribution in [0.2, 0.25) is 0 Å². The van der Waals surface area contributed by atoms with Gasteiger partial charge < -0.3 is 5.32 Å². The van der Waals surface area contributed by atoms with Gasteiger partial charge in [-0.2, -0.15) is 0 Å². The fraction of sp³-hybridized carbons (Fsp3) is 0.867. The molecule has 2 aliphatic rings. The number of nitrogens with zero attached hydrogens (tertiary/aromatic N) is 1. The number of allylic oxidation sites excluding steroid dienone is 1. The summed E-state index contributed by atoms with van der Waals surface area (Å²) in [6.07, 6.45) is 7.83. The molecule has 1 saturated heterocycles. The second-order valence-electron chi connectivity index (χ2n) is 6.11. The molecule has 0 aromatic rings. The first-order valence-electron chi connectivity index (χ1n) is 7.32. The van der Waals surface area contributed by atoms with Crippen LogP contribution < -0.4 is 5.32 Å². The van der Waals surface area contributed by atoms with Crippen molar-refractivity contribution in [2.75, 3.05) is 19.6 Å². The lowest BCUT2D eigenvalue weighted by Gasteiger charge is -2.40. The third-order valence-corrected chi connectivity index (χ3v) is 4.39. The summed E-state index contributed by atoms with van der Waals surface area (Å²) >= 11 is 0. The molecule has 0 bridgehead atoms. The lowest BCUT2D eigenvalue weighted by molar-refractivity contribution is 0.124. The molecule has 1 aliphatic heterocycles. The van der Waals surface area contributed by atoms with Gasteiger partial charge in [-0.3, -0.25) is 4.90 Å². The van der Waals surface area contributed by atoms with Crippen LogP contribution in [0.4, 0.5) is 0 Å². The molecule has 2 unspecified atom stereocenters. The molecule has 2 nitrogen and oxygen atoms in total. The fourth-order valence-electron chi connectivity index (χ4n) is 2.96. The molecule has 98 valence electrons. The Hall–Kier alpha value is -0.340. The molecule has 1 fully saturated rings. The van der Waals surface area contributed by atoms with Crippen LogP contribution in [0.15, 0.2) is 11.6 Å². The predicted molar refractivity (Wildman–Crippen MR) is 74.2 cm³/mol. The largest absolute Gasteiger partial charge is 0.311 e. The number of nitrogens with one attached hydrogen (secondary N) is 1. The smallest absolute Gasteiger partial charge is 0.0218 e. The van der Waals surface area contributed by atoms with Gasteiger partial charge in [0, 0.05) is 31.7 Å². The number of hydrogen-bond donors (Lipinski definition) is 1. The summed E-state index contributed by atoms with van der Waals surface area (Å²) in [5.74, 6) is 0.746. The Morgan fingerprint density at radius 3 is 2.94 bits per heavy atom. The molecule has 0 radical (unpaired) electrons. The molecule has 2 atom stereocenters. The van der Waals surface area contributed by atoms with E-state index in [1.54, 1.807) is 5.57 Å². The van der Waals surface area contributed by atoms with E-state index >= 15 is 0 Å². The van der Waals surface area contributed by atoms with Crippen molar-refractivity contribution in [1.82, 2.24) is 10.2 Å². The second-order valence-corrected chi connectivity index (χ2v) is 6.11. The van der Waals surface area contributed by atoms with Gasteiger partial charge in [-0.15, -0.1) is 0 Å². The molecule has 0 saturated carbocycles. The Kier molecular flexibility index (Phi) is 4.63. The zero-order chi connectivity index (χ0) is 12.3. The third kappa shape index (κ3) is 3.56. The molecule has 0 amide bonds. The minimum Gasteiger partial charge on any atom is -0.311 e. The van der Waals surface area contributed by atoms with E-state index in [0.29, 0.717) is 12.1 Å². The van der Waals surface area contributed by atoms with E-state index < -0.39 is 0 Å². The van der Waals surface area contributed by atoms with Gasteiger partial charge in [0.15, 0.2) is 0 Å². The number of hydrogen-bond acceptors (Lipinski definition) is 2. The highest BCUT2D eigenvalue weighted by molar-refractivity contribution is 5.07. The van der Waals surface area contributed by atoms with Crippen LogP contribution in [0.25, 0.3) is 0 Å². The molecule has 17 heavy (non-hydrogen) atoms.